The number of hydrogen-bond donors (Lipinski definition) is 1. The van der Waals surface area contributed by atoms with Crippen LogP contribution in [0.25, 0.3) is 32.9 Å². The molecule has 4 heterocycles. The number of nitrogens with zero attached hydrogens (tertiary/aromatic N) is 3. The molecular weight excluding hydrogens is 524 g/mol. The third kappa shape index (κ3) is 5.80. The molecule has 0 aliphatic heterocycles. The third-order valence-corrected chi connectivity index (χ3v) is 7.35. The molecule has 0 bridgehead atoms. The summed E-state index contributed by atoms with van der Waals surface area (Å²) in [6.07, 6.45) is 9.05. The highest BCUT2D eigenvalue weighted by Gasteiger charge is 2.33. The summed E-state index contributed by atoms with van der Waals surface area (Å²) in [5, 5.41) is 2.29. The first-order valence-electron chi connectivity index (χ1n) is 14.0. The van der Waals surface area contributed by atoms with E-state index in [1.54, 1.807) is 12.4 Å². The molecule has 6 aromatic rings. The number of aromatic amines is 1. The van der Waals surface area contributed by atoms with E-state index in [2.05, 4.69) is 50.0 Å². The van der Waals surface area contributed by atoms with E-state index in [9.17, 15) is 0 Å². The third-order valence-electron chi connectivity index (χ3n) is 7.35. The van der Waals surface area contributed by atoms with Crippen molar-refractivity contribution >= 4 is 21.8 Å². The molecule has 0 atom stereocenters. The Morgan fingerprint density at radius 2 is 1.64 bits per heavy atom. The second kappa shape index (κ2) is 11.7. The SMILES string of the molecule is C(#Cc1ccc(OC2CC(Oc3ccc(-c4ccc5c(c4)[nH]c4ccncc45)cn3)C2)cn1)COCc1ccccc1. The lowest BCUT2D eigenvalue weighted by Crippen LogP contribution is -2.41. The molecule has 1 aliphatic rings. The molecule has 206 valence electrons. The van der Waals surface area contributed by atoms with Crippen LogP contribution in [0.2, 0.25) is 0 Å². The number of hydrogen-bond acceptors (Lipinski definition) is 6. The number of nitrogens with one attached hydrogen (secondary N) is 1. The van der Waals surface area contributed by atoms with E-state index in [-0.39, 0.29) is 12.2 Å². The van der Waals surface area contributed by atoms with Gasteiger partial charge in [-0.15, -0.1) is 0 Å². The van der Waals surface area contributed by atoms with Crippen molar-refractivity contribution in [2.45, 2.75) is 31.7 Å². The van der Waals surface area contributed by atoms with Gasteiger partial charge in [-0.2, -0.15) is 0 Å². The van der Waals surface area contributed by atoms with Crippen LogP contribution in [0.4, 0.5) is 0 Å². The minimum absolute atomic E-state index is 0.0821. The van der Waals surface area contributed by atoms with Gasteiger partial charge >= 0.3 is 0 Å². The lowest BCUT2D eigenvalue weighted by atomic mass is 9.92. The van der Waals surface area contributed by atoms with Crippen molar-refractivity contribution in [1.82, 2.24) is 19.9 Å². The second-order valence-corrected chi connectivity index (χ2v) is 10.3. The first-order valence-corrected chi connectivity index (χ1v) is 14.0. The molecule has 7 nitrogen and oxygen atoms in total. The van der Waals surface area contributed by atoms with Gasteiger partial charge in [0.15, 0.2) is 0 Å². The standard InChI is InChI=1S/C35H28N4O3/c1-2-5-24(6-3-1)23-40-16-4-7-27-10-11-28(21-37-27)41-29-18-30(19-29)42-35-13-9-26(20-38-35)25-8-12-31-32-22-36-15-14-33(32)39-34(31)17-25/h1-3,5-6,8-15,17,20-22,29-30,39H,16,18-19,23H2. The number of H-pyrrole nitrogens is 1. The average Bonchev–Trinajstić information content (AvgIpc) is 3.39. The smallest absolute Gasteiger partial charge is 0.213 e. The summed E-state index contributed by atoms with van der Waals surface area (Å²) in [7, 11) is 0. The lowest BCUT2D eigenvalue weighted by molar-refractivity contribution is 0.00209. The molecule has 1 fully saturated rings. The largest absolute Gasteiger partial charge is 0.489 e. The highest BCUT2D eigenvalue weighted by atomic mass is 16.5. The Labute approximate surface area is 243 Å². The zero-order valence-corrected chi connectivity index (χ0v) is 22.9. The molecule has 7 rings (SSSR count). The van der Waals surface area contributed by atoms with Gasteiger partial charge in [0.1, 0.15) is 30.3 Å². The Balaban J connectivity index is 0.870. The van der Waals surface area contributed by atoms with Crippen molar-refractivity contribution in [3.8, 4) is 34.6 Å². The van der Waals surface area contributed by atoms with E-state index in [0.717, 1.165) is 57.1 Å². The van der Waals surface area contributed by atoms with Crippen LogP contribution in [0.1, 0.15) is 24.1 Å². The summed E-state index contributed by atoms with van der Waals surface area (Å²) in [4.78, 5) is 16.7. The molecular formula is C35H28N4O3. The minimum atomic E-state index is 0.0821. The molecule has 2 aromatic carbocycles. The lowest BCUT2D eigenvalue weighted by Gasteiger charge is -2.34. The molecule has 0 radical (unpaired) electrons. The van der Waals surface area contributed by atoms with Crippen molar-refractivity contribution in [1.29, 1.82) is 0 Å². The quantitative estimate of drug-likeness (QED) is 0.167. The summed E-state index contributed by atoms with van der Waals surface area (Å²) >= 11 is 0. The fourth-order valence-corrected chi connectivity index (χ4v) is 5.06. The van der Waals surface area contributed by atoms with Gasteiger partial charge in [0, 0.05) is 64.9 Å². The van der Waals surface area contributed by atoms with Crippen molar-refractivity contribution in [2.75, 3.05) is 6.61 Å². The zero-order chi connectivity index (χ0) is 28.1. The molecule has 1 aliphatic carbocycles. The van der Waals surface area contributed by atoms with Gasteiger partial charge in [-0.05, 0) is 47.4 Å². The van der Waals surface area contributed by atoms with E-state index in [1.807, 2.05) is 73.1 Å². The first kappa shape index (κ1) is 25.8. The topological polar surface area (TPSA) is 82.2 Å². The second-order valence-electron chi connectivity index (χ2n) is 10.3. The van der Waals surface area contributed by atoms with Crippen LogP contribution in [0, 0.1) is 11.8 Å². The Morgan fingerprint density at radius 1 is 0.762 bits per heavy atom. The van der Waals surface area contributed by atoms with Gasteiger partial charge in [-0.25, -0.2) is 9.97 Å². The molecule has 1 N–H and O–H groups in total. The monoisotopic (exact) mass is 552 g/mol. The van der Waals surface area contributed by atoms with Gasteiger partial charge in [-0.3, -0.25) is 4.98 Å². The molecule has 0 saturated heterocycles. The minimum Gasteiger partial charge on any atom is -0.489 e. The zero-order valence-electron chi connectivity index (χ0n) is 22.9. The number of pyridine rings is 3. The summed E-state index contributed by atoms with van der Waals surface area (Å²) < 4.78 is 17.7. The van der Waals surface area contributed by atoms with Crippen LogP contribution in [0.15, 0.2) is 104 Å². The molecule has 4 aromatic heterocycles. The summed E-state index contributed by atoms with van der Waals surface area (Å²) in [6.45, 7) is 0.902. The fraction of sp³-hybridized carbons (Fsp3) is 0.171. The van der Waals surface area contributed by atoms with Crippen molar-refractivity contribution < 1.29 is 14.2 Å². The number of ether oxygens (including phenoxy) is 3. The Kier molecular flexibility index (Phi) is 7.20. The maximum Gasteiger partial charge on any atom is 0.213 e. The van der Waals surface area contributed by atoms with Gasteiger partial charge in [0.05, 0.1) is 12.8 Å². The Morgan fingerprint density at radius 3 is 2.48 bits per heavy atom. The van der Waals surface area contributed by atoms with Crippen molar-refractivity contribution in [3.63, 3.8) is 0 Å². The van der Waals surface area contributed by atoms with E-state index in [0.29, 0.717) is 24.8 Å². The highest BCUT2D eigenvalue weighted by Crippen LogP contribution is 2.31. The number of fused-ring (bicyclic) bond motifs is 3. The first-order chi connectivity index (χ1) is 20.8. The molecule has 0 amide bonds. The van der Waals surface area contributed by atoms with Crippen LogP contribution >= 0.6 is 0 Å². The van der Waals surface area contributed by atoms with Crippen molar-refractivity contribution in [3.05, 3.63) is 115 Å². The molecule has 0 unspecified atom stereocenters. The summed E-state index contributed by atoms with van der Waals surface area (Å²) in [6, 6.07) is 26.2. The summed E-state index contributed by atoms with van der Waals surface area (Å²) in [5.41, 5.74) is 6.12. The average molecular weight is 553 g/mol. The maximum absolute atomic E-state index is 6.08. The molecule has 42 heavy (non-hydrogen) atoms. The Bertz CT molecular complexity index is 1870. The van der Waals surface area contributed by atoms with Gasteiger partial charge in [0.25, 0.3) is 0 Å². The highest BCUT2D eigenvalue weighted by molar-refractivity contribution is 6.07. The maximum atomic E-state index is 6.08. The molecule has 1 saturated carbocycles. The van der Waals surface area contributed by atoms with Crippen LogP contribution in [-0.4, -0.2) is 38.8 Å². The Hall–Kier alpha value is -5.19. The van der Waals surface area contributed by atoms with Crippen LogP contribution < -0.4 is 9.47 Å². The van der Waals surface area contributed by atoms with Gasteiger partial charge < -0.3 is 19.2 Å². The fourth-order valence-electron chi connectivity index (χ4n) is 5.06. The number of benzene rings is 2. The van der Waals surface area contributed by atoms with Crippen LogP contribution in [-0.2, 0) is 11.3 Å². The van der Waals surface area contributed by atoms with E-state index >= 15 is 0 Å². The molecule has 7 heteroatoms. The number of rotatable bonds is 8. The predicted octanol–water partition coefficient (Wildman–Crippen LogP) is 6.73. The number of aromatic nitrogens is 4. The van der Waals surface area contributed by atoms with Crippen molar-refractivity contribution in [2.24, 2.45) is 0 Å². The van der Waals surface area contributed by atoms with Crippen LogP contribution in [0.5, 0.6) is 11.6 Å². The van der Waals surface area contributed by atoms with Gasteiger partial charge in [-0.1, -0.05) is 48.4 Å². The molecule has 0 spiro atoms. The summed E-state index contributed by atoms with van der Waals surface area (Å²) in [5.74, 6) is 7.39. The van der Waals surface area contributed by atoms with Gasteiger partial charge in [0.2, 0.25) is 5.88 Å². The van der Waals surface area contributed by atoms with E-state index < -0.39 is 0 Å². The normalized spacial score (nSPS) is 16.0. The van der Waals surface area contributed by atoms with E-state index in [4.69, 9.17) is 14.2 Å². The van der Waals surface area contributed by atoms with E-state index in [1.165, 1.54) is 0 Å². The van der Waals surface area contributed by atoms with Crippen LogP contribution in [0.3, 0.4) is 0 Å². The predicted molar refractivity (Wildman–Crippen MR) is 162 cm³/mol.